The zero-order chi connectivity index (χ0) is 17.2. The molecule has 1 unspecified atom stereocenters. The molecule has 0 saturated carbocycles. The van der Waals surface area contributed by atoms with Gasteiger partial charge in [-0.1, -0.05) is 17.7 Å². The number of rotatable bonds is 10. The smallest absolute Gasteiger partial charge is 0.321 e. The van der Waals surface area contributed by atoms with E-state index in [1.165, 1.54) is 0 Å². The molecule has 128 valence electrons. The maximum absolute atomic E-state index is 11.9. The summed E-state index contributed by atoms with van der Waals surface area (Å²) in [4.78, 5) is 23.1. The molecule has 0 spiro atoms. The second-order valence-electron chi connectivity index (χ2n) is 4.90. The summed E-state index contributed by atoms with van der Waals surface area (Å²) >= 11 is 5.97. The van der Waals surface area contributed by atoms with Crippen molar-refractivity contribution < 1.29 is 24.5 Å². The highest BCUT2D eigenvalue weighted by atomic mass is 35.5. The molecule has 1 aromatic carbocycles. The highest BCUT2D eigenvalue weighted by Crippen LogP contribution is 2.20. The van der Waals surface area contributed by atoms with Crippen LogP contribution in [0.15, 0.2) is 18.2 Å². The van der Waals surface area contributed by atoms with E-state index in [1.54, 1.807) is 18.2 Å². The summed E-state index contributed by atoms with van der Waals surface area (Å²) in [5, 5.41) is 23.5. The van der Waals surface area contributed by atoms with Crippen LogP contribution >= 0.6 is 11.6 Å². The minimum Gasteiger partial charge on any atom is -0.480 e. The summed E-state index contributed by atoms with van der Waals surface area (Å²) in [7, 11) is 0. The lowest BCUT2D eigenvalue weighted by atomic mass is 10.2. The number of anilines is 1. The molecule has 0 saturated heterocycles. The van der Waals surface area contributed by atoms with E-state index in [0.717, 1.165) is 5.56 Å². The lowest BCUT2D eigenvalue weighted by Gasteiger charge is -2.14. The van der Waals surface area contributed by atoms with Crippen molar-refractivity contribution >= 4 is 29.2 Å². The molecule has 0 aliphatic heterocycles. The third-order valence-corrected chi connectivity index (χ3v) is 3.42. The van der Waals surface area contributed by atoms with Gasteiger partial charge in [-0.3, -0.25) is 9.59 Å². The highest BCUT2D eigenvalue weighted by molar-refractivity contribution is 6.31. The average Bonchev–Trinajstić information content (AvgIpc) is 2.49. The van der Waals surface area contributed by atoms with Gasteiger partial charge in [0.1, 0.15) is 6.04 Å². The van der Waals surface area contributed by atoms with Crippen LogP contribution in [0.2, 0.25) is 5.02 Å². The van der Waals surface area contributed by atoms with Crippen molar-refractivity contribution in [3.63, 3.8) is 0 Å². The molecule has 0 aliphatic carbocycles. The molecule has 0 aliphatic rings. The van der Waals surface area contributed by atoms with E-state index in [1.807, 2.05) is 6.92 Å². The van der Waals surface area contributed by atoms with E-state index < -0.39 is 17.9 Å². The first-order chi connectivity index (χ1) is 10.9. The van der Waals surface area contributed by atoms with E-state index in [2.05, 4.69) is 10.6 Å². The van der Waals surface area contributed by atoms with Gasteiger partial charge in [-0.05, 0) is 24.6 Å². The lowest BCUT2D eigenvalue weighted by Crippen LogP contribution is -2.41. The Morgan fingerprint density at radius 2 is 2.09 bits per heavy atom. The molecule has 1 amide bonds. The standard InChI is InChI=1S/C15H21ClN2O5/c1-10-2-3-11(8-12(10)16)18-14(20)9-13(15(21)22)17-4-6-23-7-5-19/h2-3,8,13,17,19H,4-7,9H2,1H3,(H,18,20)(H,21,22). The van der Waals surface area contributed by atoms with Crippen LogP contribution in [0.4, 0.5) is 5.69 Å². The molecule has 1 aromatic rings. The van der Waals surface area contributed by atoms with Crippen LogP contribution in [0.1, 0.15) is 12.0 Å². The summed E-state index contributed by atoms with van der Waals surface area (Å²) in [6.07, 6.45) is -0.221. The number of halogens is 1. The fraction of sp³-hybridized carbons (Fsp3) is 0.467. The largest absolute Gasteiger partial charge is 0.480 e. The van der Waals surface area contributed by atoms with Crippen molar-refractivity contribution in [1.82, 2.24) is 5.32 Å². The molecule has 4 N–H and O–H groups in total. The Labute approximate surface area is 139 Å². The predicted octanol–water partition coefficient (Wildman–Crippen LogP) is 1.03. The summed E-state index contributed by atoms with van der Waals surface area (Å²) in [6.45, 7) is 2.45. The first-order valence-corrected chi connectivity index (χ1v) is 7.52. The number of amides is 1. The number of hydrogen-bond acceptors (Lipinski definition) is 5. The minimum atomic E-state index is -1.12. The quantitative estimate of drug-likeness (QED) is 0.472. The van der Waals surface area contributed by atoms with Gasteiger partial charge >= 0.3 is 5.97 Å². The van der Waals surface area contributed by atoms with Crippen LogP contribution in [0.25, 0.3) is 0 Å². The number of aliphatic hydroxyl groups is 1. The van der Waals surface area contributed by atoms with Crippen molar-refractivity contribution in [2.24, 2.45) is 0 Å². The van der Waals surface area contributed by atoms with Gasteiger partial charge in [0.15, 0.2) is 0 Å². The second kappa shape index (κ2) is 10.2. The Bertz CT molecular complexity index is 539. The van der Waals surface area contributed by atoms with Crippen molar-refractivity contribution in [2.45, 2.75) is 19.4 Å². The average molecular weight is 345 g/mol. The Morgan fingerprint density at radius 3 is 2.70 bits per heavy atom. The molecule has 7 nitrogen and oxygen atoms in total. The molecule has 1 rings (SSSR count). The number of carbonyl (C=O) groups is 2. The number of benzene rings is 1. The zero-order valence-corrected chi connectivity index (χ0v) is 13.6. The third kappa shape index (κ3) is 7.43. The van der Waals surface area contributed by atoms with Gasteiger partial charge in [0.2, 0.25) is 5.91 Å². The molecule has 8 heteroatoms. The number of carboxylic acid groups (broad SMARTS) is 1. The van der Waals surface area contributed by atoms with Crippen molar-refractivity contribution in [3.05, 3.63) is 28.8 Å². The predicted molar refractivity (Wildman–Crippen MR) is 86.8 cm³/mol. The van der Waals surface area contributed by atoms with Crippen LogP contribution in [0.3, 0.4) is 0 Å². The molecule has 0 aromatic heterocycles. The van der Waals surface area contributed by atoms with Crippen molar-refractivity contribution in [2.75, 3.05) is 31.7 Å². The van der Waals surface area contributed by atoms with Gasteiger partial charge in [0.05, 0.1) is 26.2 Å². The normalized spacial score (nSPS) is 12.0. The molecule has 0 heterocycles. The molecule has 23 heavy (non-hydrogen) atoms. The zero-order valence-electron chi connectivity index (χ0n) is 12.8. The number of carbonyl (C=O) groups excluding carboxylic acids is 1. The van der Waals surface area contributed by atoms with E-state index in [-0.39, 0.29) is 32.8 Å². The Kier molecular flexibility index (Phi) is 8.57. The molecular formula is C15H21ClN2O5. The van der Waals surface area contributed by atoms with Crippen molar-refractivity contribution in [3.8, 4) is 0 Å². The summed E-state index contributed by atoms with van der Waals surface area (Å²) in [5.41, 5.74) is 1.40. The number of ether oxygens (including phenoxy) is 1. The Balaban J connectivity index is 2.47. The van der Waals surface area contributed by atoms with Crippen LogP contribution < -0.4 is 10.6 Å². The number of hydrogen-bond donors (Lipinski definition) is 4. The lowest BCUT2D eigenvalue weighted by molar-refractivity contribution is -0.141. The topological polar surface area (TPSA) is 108 Å². The molecule has 0 bridgehead atoms. The van der Waals surface area contributed by atoms with Crippen LogP contribution in [0.5, 0.6) is 0 Å². The summed E-state index contributed by atoms with van der Waals surface area (Å²) < 4.78 is 5.02. The monoisotopic (exact) mass is 344 g/mol. The van der Waals surface area contributed by atoms with Gasteiger partial charge in [-0.2, -0.15) is 0 Å². The van der Waals surface area contributed by atoms with E-state index in [0.29, 0.717) is 10.7 Å². The van der Waals surface area contributed by atoms with E-state index in [4.69, 9.17) is 26.6 Å². The number of nitrogens with one attached hydrogen (secondary N) is 2. The van der Waals surface area contributed by atoms with Gasteiger partial charge < -0.3 is 25.6 Å². The van der Waals surface area contributed by atoms with Crippen LogP contribution in [-0.2, 0) is 14.3 Å². The molecule has 1 atom stereocenters. The number of aryl methyl sites for hydroxylation is 1. The Hall–Kier alpha value is -1.67. The minimum absolute atomic E-state index is 0.0934. The highest BCUT2D eigenvalue weighted by Gasteiger charge is 2.20. The first kappa shape index (κ1) is 19.4. The first-order valence-electron chi connectivity index (χ1n) is 7.15. The van der Waals surface area contributed by atoms with Crippen LogP contribution in [0, 0.1) is 6.92 Å². The summed E-state index contributed by atoms with van der Waals surface area (Å²) in [5.74, 6) is -1.55. The second-order valence-corrected chi connectivity index (χ2v) is 5.30. The van der Waals surface area contributed by atoms with Gasteiger partial charge in [0, 0.05) is 17.3 Å². The summed E-state index contributed by atoms with van der Waals surface area (Å²) in [6, 6.07) is 4.06. The number of carboxylic acids is 1. The van der Waals surface area contributed by atoms with E-state index >= 15 is 0 Å². The fourth-order valence-electron chi connectivity index (χ4n) is 1.79. The van der Waals surface area contributed by atoms with Gasteiger partial charge in [0.25, 0.3) is 0 Å². The van der Waals surface area contributed by atoms with Gasteiger partial charge in [-0.25, -0.2) is 0 Å². The molecule has 0 radical (unpaired) electrons. The fourth-order valence-corrected chi connectivity index (χ4v) is 1.97. The maximum atomic E-state index is 11.9. The van der Waals surface area contributed by atoms with E-state index in [9.17, 15) is 9.59 Å². The maximum Gasteiger partial charge on any atom is 0.321 e. The SMILES string of the molecule is Cc1ccc(NC(=O)CC(NCCOCCO)C(=O)O)cc1Cl. The van der Waals surface area contributed by atoms with Crippen LogP contribution in [-0.4, -0.2) is 54.5 Å². The van der Waals surface area contributed by atoms with Crippen molar-refractivity contribution in [1.29, 1.82) is 0 Å². The third-order valence-electron chi connectivity index (χ3n) is 3.02. The number of aliphatic hydroxyl groups excluding tert-OH is 1. The molecular weight excluding hydrogens is 324 g/mol. The Morgan fingerprint density at radius 1 is 1.35 bits per heavy atom. The number of aliphatic carboxylic acids is 1. The molecule has 0 fully saturated rings. The van der Waals surface area contributed by atoms with Gasteiger partial charge in [-0.15, -0.1) is 0 Å².